The van der Waals surface area contributed by atoms with Gasteiger partial charge in [-0.1, -0.05) is 6.92 Å². The van der Waals surface area contributed by atoms with Crippen LogP contribution in [0.25, 0.3) is 0 Å². The zero-order valence-electron chi connectivity index (χ0n) is 11.5. The fraction of sp³-hybridized carbons (Fsp3) is 0.533. The van der Waals surface area contributed by atoms with E-state index in [9.17, 15) is 4.79 Å². The molecular formula is C15H22N2O. The lowest BCUT2D eigenvalue weighted by molar-refractivity contribution is 0.0683. The summed E-state index contributed by atoms with van der Waals surface area (Å²) in [6, 6.07) is 7.86. The second-order valence-electron chi connectivity index (χ2n) is 5.44. The van der Waals surface area contributed by atoms with Crippen LogP contribution in [0.1, 0.15) is 30.1 Å². The third kappa shape index (κ3) is 2.84. The van der Waals surface area contributed by atoms with Gasteiger partial charge >= 0.3 is 0 Å². The molecule has 0 aromatic heterocycles. The smallest absolute Gasteiger partial charge is 0.253 e. The molecule has 2 rings (SSSR count). The van der Waals surface area contributed by atoms with Gasteiger partial charge in [-0.05, 0) is 43.0 Å². The van der Waals surface area contributed by atoms with Crippen molar-refractivity contribution in [3.05, 3.63) is 29.8 Å². The molecule has 1 saturated heterocycles. The molecule has 0 radical (unpaired) electrons. The molecule has 3 heteroatoms. The van der Waals surface area contributed by atoms with Gasteiger partial charge < -0.3 is 9.80 Å². The quantitative estimate of drug-likeness (QED) is 0.801. The Morgan fingerprint density at radius 1 is 1.28 bits per heavy atom. The molecule has 0 N–H and O–H groups in total. The molecule has 18 heavy (non-hydrogen) atoms. The summed E-state index contributed by atoms with van der Waals surface area (Å²) >= 11 is 0. The highest BCUT2D eigenvalue weighted by atomic mass is 16.2. The predicted molar refractivity (Wildman–Crippen MR) is 75.1 cm³/mol. The molecule has 1 fully saturated rings. The number of anilines is 1. The first kappa shape index (κ1) is 12.9. The van der Waals surface area contributed by atoms with Crippen molar-refractivity contribution in [1.82, 2.24) is 4.90 Å². The zero-order valence-corrected chi connectivity index (χ0v) is 11.5. The lowest BCUT2D eigenvalue weighted by atomic mass is 9.99. The molecule has 0 aliphatic carbocycles. The van der Waals surface area contributed by atoms with Crippen LogP contribution in [0.3, 0.4) is 0 Å². The van der Waals surface area contributed by atoms with E-state index in [2.05, 4.69) is 6.92 Å². The third-order valence-corrected chi connectivity index (χ3v) is 3.57. The van der Waals surface area contributed by atoms with Crippen LogP contribution >= 0.6 is 0 Å². The van der Waals surface area contributed by atoms with E-state index in [1.807, 2.05) is 48.2 Å². The summed E-state index contributed by atoms with van der Waals surface area (Å²) in [4.78, 5) is 16.4. The monoisotopic (exact) mass is 246 g/mol. The molecule has 0 bridgehead atoms. The Kier molecular flexibility index (Phi) is 3.90. The van der Waals surface area contributed by atoms with Crippen LogP contribution in [-0.2, 0) is 0 Å². The molecule has 1 atom stereocenters. The SMILES string of the molecule is C[C@H]1CCCN(C(=O)c2ccc(N(C)C)cc2)C1. The van der Waals surface area contributed by atoms with E-state index in [-0.39, 0.29) is 5.91 Å². The largest absolute Gasteiger partial charge is 0.378 e. The predicted octanol–water partition coefficient (Wildman–Crippen LogP) is 2.62. The van der Waals surface area contributed by atoms with Gasteiger partial charge in [0, 0.05) is 38.4 Å². The number of benzene rings is 1. The van der Waals surface area contributed by atoms with Crippen molar-refractivity contribution < 1.29 is 4.79 Å². The molecule has 1 aromatic rings. The summed E-state index contributed by atoms with van der Waals surface area (Å²) in [6.45, 7) is 4.02. The number of carbonyl (C=O) groups excluding carboxylic acids is 1. The van der Waals surface area contributed by atoms with Gasteiger partial charge in [-0.15, -0.1) is 0 Å². The molecule has 98 valence electrons. The highest BCUT2D eigenvalue weighted by Crippen LogP contribution is 2.19. The molecule has 3 nitrogen and oxygen atoms in total. The fourth-order valence-electron chi connectivity index (χ4n) is 2.46. The Labute approximate surface area is 109 Å². The van der Waals surface area contributed by atoms with Gasteiger partial charge in [0.15, 0.2) is 0 Å². The van der Waals surface area contributed by atoms with Gasteiger partial charge in [-0.25, -0.2) is 0 Å². The highest BCUT2D eigenvalue weighted by Gasteiger charge is 2.21. The van der Waals surface area contributed by atoms with Crippen LogP contribution in [0, 0.1) is 5.92 Å². The molecular weight excluding hydrogens is 224 g/mol. The number of hydrogen-bond donors (Lipinski definition) is 0. The molecule has 1 heterocycles. The van der Waals surface area contributed by atoms with E-state index in [0.29, 0.717) is 5.92 Å². The number of hydrogen-bond acceptors (Lipinski definition) is 2. The lowest BCUT2D eigenvalue weighted by Crippen LogP contribution is -2.39. The number of amides is 1. The number of nitrogens with zero attached hydrogens (tertiary/aromatic N) is 2. The summed E-state index contributed by atoms with van der Waals surface area (Å²) in [5.41, 5.74) is 1.92. The first-order valence-electron chi connectivity index (χ1n) is 6.64. The van der Waals surface area contributed by atoms with Gasteiger partial charge in [-0.2, -0.15) is 0 Å². The topological polar surface area (TPSA) is 23.6 Å². The van der Waals surface area contributed by atoms with Crippen LogP contribution in [0.15, 0.2) is 24.3 Å². The minimum absolute atomic E-state index is 0.173. The van der Waals surface area contributed by atoms with Crippen molar-refractivity contribution >= 4 is 11.6 Å². The number of rotatable bonds is 2. The van der Waals surface area contributed by atoms with Gasteiger partial charge in [0.25, 0.3) is 5.91 Å². The van der Waals surface area contributed by atoms with Crippen LogP contribution < -0.4 is 4.90 Å². The summed E-state index contributed by atoms with van der Waals surface area (Å²) < 4.78 is 0. The van der Waals surface area contributed by atoms with Crippen molar-refractivity contribution in [2.75, 3.05) is 32.1 Å². The van der Waals surface area contributed by atoms with Crippen LogP contribution in [0.2, 0.25) is 0 Å². The summed E-state index contributed by atoms with van der Waals surface area (Å²) in [6.07, 6.45) is 2.37. The Hall–Kier alpha value is -1.51. The first-order valence-corrected chi connectivity index (χ1v) is 6.64. The summed E-state index contributed by atoms with van der Waals surface area (Å²) in [5, 5.41) is 0. The highest BCUT2D eigenvalue weighted by molar-refractivity contribution is 5.94. The number of likely N-dealkylation sites (tertiary alicyclic amines) is 1. The maximum Gasteiger partial charge on any atom is 0.253 e. The van der Waals surface area contributed by atoms with E-state index >= 15 is 0 Å². The van der Waals surface area contributed by atoms with Crippen molar-refractivity contribution in [3.63, 3.8) is 0 Å². The lowest BCUT2D eigenvalue weighted by Gasteiger charge is -2.31. The molecule has 0 saturated carbocycles. The Morgan fingerprint density at radius 3 is 2.50 bits per heavy atom. The van der Waals surface area contributed by atoms with Crippen molar-refractivity contribution in [1.29, 1.82) is 0 Å². The van der Waals surface area contributed by atoms with Crippen molar-refractivity contribution in [2.24, 2.45) is 5.92 Å². The zero-order chi connectivity index (χ0) is 13.1. The number of carbonyl (C=O) groups is 1. The molecule has 1 aliphatic heterocycles. The van der Waals surface area contributed by atoms with Crippen molar-refractivity contribution in [2.45, 2.75) is 19.8 Å². The van der Waals surface area contributed by atoms with Crippen LogP contribution in [0.5, 0.6) is 0 Å². The van der Waals surface area contributed by atoms with Gasteiger partial charge in [0.1, 0.15) is 0 Å². The maximum absolute atomic E-state index is 12.3. The Morgan fingerprint density at radius 2 is 1.94 bits per heavy atom. The molecule has 1 amide bonds. The Bertz CT molecular complexity index is 411. The van der Waals surface area contributed by atoms with Crippen molar-refractivity contribution in [3.8, 4) is 0 Å². The van der Waals surface area contributed by atoms with E-state index in [0.717, 1.165) is 30.8 Å². The van der Waals surface area contributed by atoms with E-state index in [1.54, 1.807) is 0 Å². The summed E-state index contributed by atoms with van der Waals surface area (Å²) in [5.74, 6) is 0.801. The minimum atomic E-state index is 0.173. The first-order chi connectivity index (χ1) is 8.58. The second kappa shape index (κ2) is 5.42. The van der Waals surface area contributed by atoms with Crippen LogP contribution in [-0.4, -0.2) is 38.0 Å². The second-order valence-corrected chi connectivity index (χ2v) is 5.44. The fourth-order valence-corrected chi connectivity index (χ4v) is 2.46. The molecule has 0 spiro atoms. The average Bonchev–Trinajstić information content (AvgIpc) is 2.38. The number of piperidine rings is 1. The Balaban J connectivity index is 2.08. The normalized spacial score (nSPS) is 19.7. The average molecular weight is 246 g/mol. The van der Waals surface area contributed by atoms with E-state index in [4.69, 9.17) is 0 Å². The molecule has 0 unspecified atom stereocenters. The van der Waals surface area contributed by atoms with Gasteiger partial charge in [-0.3, -0.25) is 4.79 Å². The molecule has 1 aromatic carbocycles. The van der Waals surface area contributed by atoms with Gasteiger partial charge in [0.05, 0.1) is 0 Å². The van der Waals surface area contributed by atoms with Crippen LogP contribution in [0.4, 0.5) is 5.69 Å². The maximum atomic E-state index is 12.3. The standard InChI is InChI=1S/C15H22N2O/c1-12-5-4-10-17(11-12)15(18)13-6-8-14(9-7-13)16(2)3/h6-9,12H,4-5,10-11H2,1-3H3/t12-/m0/s1. The third-order valence-electron chi connectivity index (χ3n) is 3.57. The molecule has 1 aliphatic rings. The van der Waals surface area contributed by atoms with E-state index < -0.39 is 0 Å². The summed E-state index contributed by atoms with van der Waals surface area (Å²) in [7, 11) is 4.01. The van der Waals surface area contributed by atoms with Gasteiger partial charge in [0.2, 0.25) is 0 Å². The minimum Gasteiger partial charge on any atom is -0.378 e. The van der Waals surface area contributed by atoms with E-state index in [1.165, 1.54) is 6.42 Å².